The predicted molar refractivity (Wildman–Crippen MR) is 51.7 cm³/mol. The standard InChI is InChI=1S/C10H15FN2/c1-7-2-3-8(9(11)6-7)10(13)4-5-12/h2-3,6,10H,4-5,12-13H2,1H3. The number of aryl methyl sites for hydroxylation is 1. The van der Waals surface area contributed by atoms with Crippen molar-refractivity contribution in [2.45, 2.75) is 19.4 Å². The van der Waals surface area contributed by atoms with Crippen LogP contribution in [0.25, 0.3) is 0 Å². The first-order valence-corrected chi connectivity index (χ1v) is 4.37. The van der Waals surface area contributed by atoms with Crippen molar-refractivity contribution in [2.24, 2.45) is 11.5 Å². The van der Waals surface area contributed by atoms with Gasteiger partial charge in [0.1, 0.15) is 5.82 Å². The Balaban J connectivity index is 2.88. The number of nitrogens with two attached hydrogens (primary N) is 2. The van der Waals surface area contributed by atoms with Crippen LogP contribution in [0.3, 0.4) is 0 Å². The van der Waals surface area contributed by atoms with Crippen molar-refractivity contribution >= 4 is 0 Å². The summed E-state index contributed by atoms with van der Waals surface area (Å²) in [7, 11) is 0. The van der Waals surface area contributed by atoms with Gasteiger partial charge in [-0.25, -0.2) is 4.39 Å². The number of benzene rings is 1. The van der Waals surface area contributed by atoms with Gasteiger partial charge in [0, 0.05) is 11.6 Å². The molecule has 1 rings (SSSR count). The van der Waals surface area contributed by atoms with Crippen LogP contribution < -0.4 is 11.5 Å². The van der Waals surface area contributed by atoms with Gasteiger partial charge in [0.25, 0.3) is 0 Å². The molecule has 0 aromatic heterocycles. The zero-order chi connectivity index (χ0) is 9.84. The minimum Gasteiger partial charge on any atom is -0.330 e. The summed E-state index contributed by atoms with van der Waals surface area (Å²) in [5, 5.41) is 0. The minimum atomic E-state index is -0.286. The summed E-state index contributed by atoms with van der Waals surface area (Å²) < 4.78 is 13.3. The van der Waals surface area contributed by atoms with E-state index in [0.717, 1.165) is 5.56 Å². The van der Waals surface area contributed by atoms with Crippen LogP contribution in [0.4, 0.5) is 4.39 Å². The maximum Gasteiger partial charge on any atom is 0.128 e. The van der Waals surface area contributed by atoms with Crippen molar-refractivity contribution in [3.63, 3.8) is 0 Å². The Morgan fingerprint density at radius 2 is 2.15 bits per heavy atom. The predicted octanol–water partition coefficient (Wildman–Crippen LogP) is 1.48. The van der Waals surface area contributed by atoms with Crippen molar-refractivity contribution in [2.75, 3.05) is 6.54 Å². The Morgan fingerprint density at radius 1 is 1.46 bits per heavy atom. The van der Waals surface area contributed by atoms with Crippen LogP contribution in [-0.4, -0.2) is 6.54 Å². The molecule has 3 heteroatoms. The Bertz CT molecular complexity index is 286. The molecule has 0 saturated heterocycles. The molecule has 0 amide bonds. The minimum absolute atomic E-state index is 0.235. The largest absolute Gasteiger partial charge is 0.330 e. The molecule has 0 spiro atoms. The summed E-state index contributed by atoms with van der Waals surface area (Å²) in [5.41, 5.74) is 12.5. The quantitative estimate of drug-likeness (QED) is 0.744. The molecular weight excluding hydrogens is 167 g/mol. The van der Waals surface area contributed by atoms with E-state index >= 15 is 0 Å². The topological polar surface area (TPSA) is 52.0 Å². The fourth-order valence-electron chi connectivity index (χ4n) is 1.27. The van der Waals surface area contributed by atoms with Crippen LogP contribution in [0, 0.1) is 12.7 Å². The first-order chi connectivity index (χ1) is 6.15. The molecule has 1 aromatic rings. The molecule has 0 bridgehead atoms. The molecule has 0 fully saturated rings. The van der Waals surface area contributed by atoms with Crippen molar-refractivity contribution in [1.82, 2.24) is 0 Å². The zero-order valence-electron chi connectivity index (χ0n) is 7.76. The fourth-order valence-corrected chi connectivity index (χ4v) is 1.27. The van der Waals surface area contributed by atoms with Crippen LogP contribution in [0.2, 0.25) is 0 Å². The summed E-state index contributed by atoms with van der Waals surface area (Å²) in [6, 6.07) is 4.79. The number of hydrogen-bond donors (Lipinski definition) is 2. The molecular formula is C10H15FN2. The highest BCUT2D eigenvalue weighted by atomic mass is 19.1. The average Bonchev–Trinajstić information content (AvgIpc) is 2.04. The fraction of sp³-hybridized carbons (Fsp3) is 0.400. The summed E-state index contributed by atoms with van der Waals surface area (Å²) >= 11 is 0. The number of rotatable bonds is 3. The lowest BCUT2D eigenvalue weighted by atomic mass is 10.0. The maximum atomic E-state index is 13.3. The molecule has 0 heterocycles. The lowest BCUT2D eigenvalue weighted by molar-refractivity contribution is 0.566. The van der Waals surface area contributed by atoms with Gasteiger partial charge in [0.15, 0.2) is 0 Å². The van der Waals surface area contributed by atoms with Crippen LogP contribution in [0.5, 0.6) is 0 Å². The average molecular weight is 182 g/mol. The monoisotopic (exact) mass is 182 g/mol. The molecule has 0 aliphatic heterocycles. The first kappa shape index (κ1) is 10.2. The summed E-state index contributed by atoms with van der Waals surface area (Å²) in [4.78, 5) is 0. The van der Waals surface area contributed by atoms with E-state index in [0.29, 0.717) is 18.5 Å². The molecule has 0 saturated carbocycles. The van der Waals surface area contributed by atoms with Crippen LogP contribution in [0.15, 0.2) is 18.2 Å². The van der Waals surface area contributed by atoms with Gasteiger partial charge >= 0.3 is 0 Å². The van der Waals surface area contributed by atoms with Gasteiger partial charge in [-0.05, 0) is 31.5 Å². The second-order valence-electron chi connectivity index (χ2n) is 3.21. The maximum absolute atomic E-state index is 13.3. The normalized spacial score (nSPS) is 12.9. The molecule has 72 valence electrons. The molecule has 2 nitrogen and oxygen atoms in total. The first-order valence-electron chi connectivity index (χ1n) is 4.37. The molecule has 1 aromatic carbocycles. The van der Waals surface area contributed by atoms with Gasteiger partial charge in [0.2, 0.25) is 0 Å². The highest BCUT2D eigenvalue weighted by molar-refractivity contribution is 5.25. The van der Waals surface area contributed by atoms with Gasteiger partial charge in [-0.3, -0.25) is 0 Å². The molecule has 0 aliphatic rings. The van der Waals surface area contributed by atoms with E-state index in [-0.39, 0.29) is 11.9 Å². The Labute approximate surface area is 77.7 Å². The number of halogens is 1. The third kappa shape index (κ3) is 2.50. The number of hydrogen-bond acceptors (Lipinski definition) is 2. The molecule has 0 aliphatic carbocycles. The van der Waals surface area contributed by atoms with Gasteiger partial charge < -0.3 is 11.5 Å². The molecule has 13 heavy (non-hydrogen) atoms. The third-order valence-corrected chi connectivity index (χ3v) is 2.03. The van der Waals surface area contributed by atoms with E-state index in [4.69, 9.17) is 11.5 Å². The summed E-state index contributed by atoms with van der Waals surface area (Å²) in [6.45, 7) is 2.33. The van der Waals surface area contributed by atoms with Crippen molar-refractivity contribution in [1.29, 1.82) is 0 Å². The van der Waals surface area contributed by atoms with Crippen LogP contribution in [0.1, 0.15) is 23.6 Å². The van der Waals surface area contributed by atoms with Gasteiger partial charge in [-0.2, -0.15) is 0 Å². The van der Waals surface area contributed by atoms with E-state index in [2.05, 4.69) is 0 Å². The van der Waals surface area contributed by atoms with E-state index in [1.807, 2.05) is 13.0 Å². The molecule has 0 radical (unpaired) electrons. The van der Waals surface area contributed by atoms with Gasteiger partial charge in [0.05, 0.1) is 0 Å². The van der Waals surface area contributed by atoms with Crippen molar-refractivity contribution < 1.29 is 4.39 Å². The SMILES string of the molecule is Cc1ccc(C(N)CCN)c(F)c1. The smallest absolute Gasteiger partial charge is 0.128 e. The highest BCUT2D eigenvalue weighted by Gasteiger charge is 2.09. The lowest BCUT2D eigenvalue weighted by Gasteiger charge is -2.11. The Hall–Kier alpha value is -0.930. The van der Waals surface area contributed by atoms with Gasteiger partial charge in [-0.15, -0.1) is 0 Å². The second-order valence-corrected chi connectivity index (χ2v) is 3.21. The van der Waals surface area contributed by atoms with Gasteiger partial charge in [-0.1, -0.05) is 12.1 Å². The third-order valence-electron chi connectivity index (χ3n) is 2.03. The lowest BCUT2D eigenvalue weighted by Crippen LogP contribution is -2.16. The van der Waals surface area contributed by atoms with E-state index in [9.17, 15) is 4.39 Å². The Morgan fingerprint density at radius 3 is 2.69 bits per heavy atom. The molecule has 1 unspecified atom stereocenters. The molecule has 1 atom stereocenters. The van der Waals surface area contributed by atoms with Crippen molar-refractivity contribution in [3.05, 3.63) is 35.1 Å². The van der Waals surface area contributed by atoms with E-state index in [1.165, 1.54) is 6.07 Å². The zero-order valence-corrected chi connectivity index (χ0v) is 7.76. The molecule has 4 N–H and O–H groups in total. The Kier molecular flexibility index (Phi) is 3.39. The van der Waals surface area contributed by atoms with E-state index in [1.54, 1.807) is 6.07 Å². The second kappa shape index (κ2) is 4.35. The van der Waals surface area contributed by atoms with Crippen LogP contribution >= 0.6 is 0 Å². The summed E-state index contributed by atoms with van der Waals surface area (Å²) in [5.74, 6) is -0.235. The van der Waals surface area contributed by atoms with Crippen molar-refractivity contribution in [3.8, 4) is 0 Å². The van der Waals surface area contributed by atoms with Crippen LogP contribution in [-0.2, 0) is 0 Å². The van der Waals surface area contributed by atoms with E-state index < -0.39 is 0 Å². The highest BCUT2D eigenvalue weighted by Crippen LogP contribution is 2.18. The summed E-state index contributed by atoms with van der Waals surface area (Å²) in [6.07, 6.45) is 0.611.